The van der Waals surface area contributed by atoms with E-state index in [2.05, 4.69) is 82.6 Å². The van der Waals surface area contributed by atoms with E-state index in [0.717, 1.165) is 96.1 Å². The van der Waals surface area contributed by atoms with E-state index in [-0.39, 0.29) is 52.3 Å². The average molecular weight is 1180 g/mol. The first-order chi connectivity index (χ1) is 40.8. The first-order valence-electron chi connectivity index (χ1n) is 33.8. The molecule has 1 aromatic heterocycles. The molecule has 3 aromatic rings. The predicted octanol–water partition coefficient (Wildman–Crippen LogP) is 16.7. The Morgan fingerprint density at radius 2 is 1.17 bits per heavy atom. The van der Waals surface area contributed by atoms with Crippen LogP contribution in [0.5, 0.6) is 0 Å². The quantitative estimate of drug-likeness (QED) is 0.0741. The molecule has 7 aliphatic carbocycles. The molecule has 0 bridgehead atoms. The monoisotopic (exact) mass is 1180 g/mol. The molecule has 1 N–H and O–H groups in total. The SMILES string of the molecule is COC(=O)CC[C@@H](C)C(C)C1(C)CCC2[C@@H](CC[C@H]3C[C@H](OC(=O)/C=C/c4ccc5c6ccc(/C=C/C(=O)O[C@@H]7CCC8(C)C9CCC%10(C)C([C@H](C)CCC(=O)OC)CC[C@H]%10[C@@H]9CC[C@@H]8C7)cc6n(CCNC(=O)OC(C)(C)C)c5c4)CCC23C)C1. The van der Waals surface area contributed by atoms with Crippen molar-refractivity contribution in [2.24, 2.45) is 86.8 Å². The number of benzene rings is 2. The maximum Gasteiger partial charge on any atom is 0.407 e. The lowest BCUT2D eigenvalue weighted by molar-refractivity contribution is -0.158. The van der Waals surface area contributed by atoms with E-state index < -0.39 is 11.7 Å². The minimum Gasteiger partial charge on any atom is -0.469 e. The highest BCUT2D eigenvalue weighted by atomic mass is 16.6. The van der Waals surface area contributed by atoms with Crippen molar-refractivity contribution in [3.05, 3.63) is 59.7 Å². The number of nitrogens with one attached hydrogen (secondary N) is 1. The van der Waals surface area contributed by atoms with Gasteiger partial charge in [-0.05, 0) is 265 Å². The van der Waals surface area contributed by atoms with E-state index in [1.807, 2.05) is 45.1 Å². The fourth-order valence-corrected chi connectivity index (χ4v) is 20.2. The van der Waals surface area contributed by atoms with Crippen LogP contribution in [0.25, 0.3) is 34.0 Å². The molecule has 2 aromatic carbocycles. The van der Waals surface area contributed by atoms with E-state index in [1.54, 1.807) is 12.2 Å². The molecule has 0 spiro atoms. The number of nitrogens with zero attached hydrogens (tertiary/aromatic N) is 1. The largest absolute Gasteiger partial charge is 0.469 e. The van der Waals surface area contributed by atoms with E-state index >= 15 is 0 Å². The molecule has 7 saturated carbocycles. The average Bonchev–Trinajstić information content (AvgIpc) is 1.24. The van der Waals surface area contributed by atoms with Gasteiger partial charge in [-0.3, -0.25) is 9.59 Å². The number of carbonyl (C=O) groups is 5. The number of aromatic nitrogens is 1. The summed E-state index contributed by atoms with van der Waals surface area (Å²) >= 11 is 0. The van der Waals surface area contributed by atoms with Crippen LogP contribution in [0.3, 0.4) is 0 Å². The fraction of sp³-hybridized carbons (Fsp3) is 0.716. The van der Waals surface area contributed by atoms with Gasteiger partial charge in [0.05, 0.1) is 14.2 Å². The van der Waals surface area contributed by atoms with Gasteiger partial charge in [0.1, 0.15) is 17.8 Å². The van der Waals surface area contributed by atoms with Crippen molar-refractivity contribution in [1.82, 2.24) is 9.88 Å². The molecular formula is C74H106N2O10. The zero-order chi connectivity index (χ0) is 61.5. The van der Waals surface area contributed by atoms with Crippen LogP contribution in [0.1, 0.15) is 215 Å². The van der Waals surface area contributed by atoms with Gasteiger partial charge in [-0.15, -0.1) is 0 Å². The Labute approximate surface area is 514 Å². The van der Waals surface area contributed by atoms with E-state index in [0.29, 0.717) is 84.6 Å². The predicted molar refractivity (Wildman–Crippen MR) is 340 cm³/mol. The summed E-state index contributed by atoms with van der Waals surface area (Å²) < 4.78 is 30.3. The van der Waals surface area contributed by atoms with Gasteiger partial charge in [0.2, 0.25) is 0 Å². The summed E-state index contributed by atoms with van der Waals surface area (Å²) in [6.45, 7) is 23.6. The number of amides is 1. The third kappa shape index (κ3) is 13.3. The molecular weight excluding hydrogens is 1080 g/mol. The summed E-state index contributed by atoms with van der Waals surface area (Å²) in [6.07, 6.45) is 28.6. The third-order valence-corrected chi connectivity index (χ3v) is 25.2. The molecule has 12 heteroatoms. The van der Waals surface area contributed by atoms with Gasteiger partial charge in [0.25, 0.3) is 0 Å². The number of hydrogen-bond donors (Lipinski definition) is 1. The Morgan fingerprint density at radius 3 is 1.76 bits per heavy atom. The van der Waals surface area contributed by atoms with Crippen LogP contribution in [0, 0.1) is 86.8 Å². The molecule has 0 saturated heterocycles. The minimum atomic E-state index is -0.629. The lowest BCUT2D eigenvalue weighted by atomic mass is 9.44. The summed E-state index contributed by atoms with van der Waals surface area (Å²) in [7, 11) is 2.97. The second kappa shape index (κ2) is 25.8. The molecule has 12 nitrogen and oxygen atoms in total. The zero-order valence-corrected chi connectivity index (χ0v) is 54.6. The van der Waals surface area contributed by atoms with Crippen molar-refractivity contribution in [1.29, 1.82) is 0 Å². The van der Waals surface area contributed by atoms with Crippen LogP contribution < -0.4 is 5.32 Å². The number of ether oxygens (including phenoxy) is 5. The Balaban J connectivity index is 0.761. The molecule has 0 radical (unpaired) electrons. The Bertz CT molecular complexity index is 3020. The number of methoxy groups -OCH3 is 2. The van der Waals surface area contributed by atoms with Crippen molar-refractivity contribution in [3.63, 3.8) is 0 Å². The van der Waals surface area contributed by atoms with Gasteiger partial charge in [-0.25, -0.2) is 14.4 Å². The van der Waals surface area contributed by atoms with Gasteiger partial charge < -0.3 is 33.6 Å². The maximum absolute atomic E-state index is 13.7. The van der Waals surface area contributed by atoms with Crippen LogP contribution >= 0.6 is 0 Å². The summed E-state index contributed by atoms with van der Waals surface area (Å²) in [6, 6.07) is 12.5. The van der Waals surface area contributed by atoms with Crippen LogP contribution in [-0.4, -0.2) is 73.1 Å². The highest BCUT2D eigenvalue weighted by Gasteiger charge is 2.61. The Kier molecular flexibility index (Phi) is 19.1. The van der Waals surface area contributed by atoms with Gasteiger partial charge in [-0.1, -0.05) is 72.7 Å². The first kappa shape index (κ1) is 63.9. The highest BCUT2D eigenvalue weighted by molar-refractivity contribution is 6.09. The number of alkyl carbamates (subject to hydrolysis) is 1. The van der Waals surface area contributed by atoms with E-state index in [4.69, 9.17) is 23.7 Å². The van der Waals surface area contributed by atoms with Crippen molar-refractivity contribution >= 4 is 63.9 Å². The smallest absolute Gasteiger partial charge is 0.407 e. The molecule has 1 amide bonds. The number of fused-ring (bicyclic) bond motifs is 11. The molecule has 1 heterocycles. The third-order valence-electron chi connectivity index (χ3n) is 25.2. The number of hydrogen-bond acceptors (Lipinski definition) is 10. The number of rotatable bonds is 18. The molecule has 0 aliphatic heterocycles. The summed E-state index contributed by atoms with van der Waals surface area (Å²) in [5.41, 5.74) is 4.18. The second-order valence-electron chi connectivity index (χ2n) is 30.9. The normalized spacial score (nSPS) is 34.4. The zero-order valence-electron chi connectivity index (χ0n) is 54.6. The molecule has 7 aliphatic rings. The van der Waals surface area contributed by atoms with E-state index in [9.17, 15) is 24.0 Å². The van der Waals surface area contributed by atoms with Crippen molar-refractivity contribution < 1.29 is 47.7 Å². The molecule has 86 heavy (non-hydrogen) atoms. The van der Waals surface area contributed by atoms with Crippen LogP contribution in [0.4, 0.5) is 4.79 Å². The van der Waals surface area contributed by atoms with Gasteiger partial charge in [-0.2, -0.15) is 0 Å². The molecule has 8 unspecified atom stereocenters. The number of esters is 4. The first-order valence-corrected chi connectivity index (χ1v) is 33.8. The fourth-order valence-electron chi connectivity index (χ4n) is 20.2. The Hall–Kier alpha value is -5.13. The maximum atomic E-state index is 13.7. The minimum absolute atomic E-state index is 0.0875. The van der Waals surface area contributed by atoms with Crippen LogP contribution in [0.15, 0.2) is 48.6 Å². The van der Waals surface area contributed by atoms with Crippen molar-refractivity contribution in [2.75, 3.05) is 20.8 Å². The number of carbonyl (C=O) groups excluding carboxylic acids is 5. The molecule has 10 rings (SSSR count). The highest BCUT2D eigenvalue weighted by Crippen LogP contribution is 2.69. The van der Waals surface area contributed by atoms with Gasteiger partial charge >= 0.3 is 30.0 Å². The second-order valence-corrected chi connectivity index (χ2v) is 30.9. The van der Waals surface area contributed by atoms with Gasteiger partial charge in [0.15, 0.2) is 0 Å². The summed E-state index contributed by atoms with van der Waals surface area (Å²) in [5, 5.41) is 5.04. The van der Waals surface area contributed by atoms with Crippen LogP contribution in [0.2, 0.25) is 0 Å². The standard InChI is InChI=1S/C74H106N2O10/c1-46(13-27-65(77)82-11)48(3)71(7)35-33-60-51(45-71)19-20-52-43-54(31-36-72(52,60)8)84-67(79)29-17-49-15-22-56-57-23-16-50(42-64(57)76(63(56)41-49)40-39-75-69(81)86-70(4,5)6)18-30-68(80)85-55-32-37-73(9)53(44-55)21-24-58-61-26-25-59(47(2)14-28-66(78)83-12)74(61,10)38-34-62(58)73/h15-18,22-23,29-30,41-42,46-48,51-55,58-62H,13-14,19-21,24-28,31-40,43-45H2,1-12H3,(H,75,81)/b29-17+,30-18+/t46-,47-,48?,51+,52+,53-,54-,55-,58+,59?,60?,61+,62?,71?,72?,73?,74?/m1/s1. The lowest BCUT2D eigenvalue weighted by Crippen LogP contribution is -2.54. The molecule has 472 valence electrons. The van der Waals surface area contributed by atoms with Gasteiger partial charge in [0, 0.05) is 59.9 Å². The molecule has 7 fully saturated rings. The Morgan fingerprint density at radius 1 is 0.640 bits per heavy atom. The summed E-state index contributed by atoms with van der Waals surface area (Å²) in [4.78, 5) is 64.1. The van der Waals surface area contributed by atoms with E-state index in [1.165, 1.54) is 84.8 Å². The van der Waals surface area contributed by atoms with Crippen molar-refractivity contribution in [2.45, 2.75) is 228 Å². The summed E-state index contributed by atoms with van der Waals surface area (Å²) in [5.74, 6) is 6.10. The lowest BCUT2D eigenvalue weighted by Gasteiger charge is -2.61. The van der Waals surface area contributed by atoms with Crippen molar-refractivity contribution in [3.8, 4) is 0 Å². The topological polar surface area (TPSA) is 148 Å². The van der Waals surface area contributed by atoms with Crippen LogP contribution in [-0.2, 0) is 49.4 Å². The molecule has 17 atom stereocenters.